The van der Waals surface area contributed by atoms with E-state index in [0.717, 1.165) is 16.7 Å². The molecule has 1 unspecified atom stereocenters. The summed E-state index contributed by atoms with van der Waals surface area (Å²) < 4.78 is 0. The van der Waals surface area contributed by atoms with E-state index in [1.165, 1.54) is 22.8 Å². The van der Waals surface area contributed by atoms with E-state index < -0.39 is 6.04 Å². The second-order valence-electron chi connectivity index (χ2n) is 4.71. The highest BCUT2D eigenvalue weighted by molar-refractivity contribution is 5.52. The van der Waals surface area contributed by atoms with Crippen LogP contribution < -0.4 is 0 Å². The first-order valence-electron chi connectivity index (χ1n) is 6.13. The maximum atomic E-state index is 10.6. The fourth-order valence-corrected chi connectivity index (χ4v) is 2.41. The summed E-state index contributed by atoms with van der Waals surface area (Å²) in [5.74, 6) is 0. The summed E-state index contributed by atoms with van der Waals surface area (Å²) in [6.45, 7) is 10.3. The van der Waals surface area contributed by atoms with Crippen LogP contribution in [0.25, 0.3) is 0 Å². The van der Waals surface area contributed by atoms with Crippen molar-refractivity contribution in [1.82, 2.24) is 0 Å². The van der Waals surface area contributed by atoms with Gasteiger partial charge in [-0.2, -0.15) is 4.99 Å². The Balaban J connectivity index is 3.54. The quantitative estimate of drug-likeness (QED) is 0.615. The van der Waals surface area contributed by atoms with Gasteiger partial charge in [-0.15, -0.1) is 0 Å². The fraction of sp³-hybridized carbons (Fsp3) is 0.467. The molecule has 0 aliphatic rings. The molecule has 1 aromatic carbocycles. The molecule has 0 spiro atoms. The predicted octanol–water partition coefficient (Wildman–Crippen LogP) is 2.94. The Morgan fingerprint density at radius 2 is 1.32 bits per heavy atom. The van der Waals surface area contributed by atoms with E-state index in [9.17, 15) is 9.59 Å². The number of carbonyl (C=O) groups excluding carboxylic acids is 2. The van der Waals surface area contributed by atoms with Crippen LogP contribution in [-0.4, -0.2) is 18.7 Å². The molecule has 1 aromatic rings. The normalized spacial score (nSPS) is 11.4. The van der Waals surface area contributed by atoms with Crippen molar-refractivity contribution >= 4 is 12.2 Å². The summed E-state index contributed by atoms with van der Waals surface area (Å²) in [7, 11) is 0. The van der Waals surface area contributed by atoms with Crippen molar-refractivity contribution in [2.24, 2.45) is 9.98 Å². The second-order valence-corrected chi connectivity index (χ2v) is 4.71. The van der Waals surface area contributed by atoms with Gasteiger partial charge in [0.25, 0.3) is 0 Å². The van der Waals surface area contributed by atoms with Crippen LogP contribution in [0.4, 0.5) is 0 Å². The average molecular weight is 258 g/mol. The molecule has 1 rings (SSSR count). The average Bonchev–Trinajstić information content (AvgIpc) is 2.40. The van der Waals surface area contributed by atoms with Crippen LogP contribution in [0.2, 0.25) is 0 Å². The highest BCUT2D eigenvalue weighted by atomic mass is 16.1. The number of hydrogen-bond donors (Lipinski definition) is 0. The molecule has 1 atom stereocenters. The minimum atomic E-state index is -0.461. The summed E-state index contributed by atoms with van der Waals surface area (Å²) in [6.07, 6.45) is 3.06. The third-order valence-electron chi connectivity index (χ3n) is 3.93. The van der Waals surface area contributed by atoms with Gasteiger partial charge in [0.1, 0.15) is 6.04 Å². The van der Waals surface area contributed by atoms with Gasteiger partial charge in [-0.1, -0.05) is 0 Å². The summed E-state index contributed by atoms with van der Waals surface area (Å²) in [5, 5.41) is 0. The van der Waals surface area contributed by atoms with Crippen molar-refractivity contribution in [2.45, 2.75) is 40.7 Å². The van der Waals surface area contributed by atoms with E-state index in [-0.39, 0.29) is 6.54 Å². The number of aliphatic imine (C=N–C) groups is 2. The van der Waals surface area contributed by atoms with E-state index in [0.29, 0.717) is 0 Å². The highest BCUT2D eigenvalue weighted by Gasteiger charge is 2.19. The predicted molar refractivity (Wildman–Crippen MR) is 74.0 cm³/mol. The number of benzene rings is 1. The van der Waals surface area contributed by atoms with Gasteiger partial charge in [-0.05, 0) is 68.0 Å². The lowest BCUT2D eigenvalue weighted by molar-refractivity contribution is 0.553. The Bertz CT molecular complexity index is 564. The third-order valence-corrected chi connectivity index (χ3v) is 3.93. The molecule has 0 aliphatic heterocycles. The topological polar surface area (TPSA) is 58.9 Å². The molecular formula is C15H18N2O2. The lowest BCUT2D eigenvalue weighted by atomic mass is 9.86. The van der Waals surface area contributed by atoms with Crippen LogP contribution in [0.15, 0.2) is 9.98 Å². The van der Waals surface area contributed by atoms with Gasteiger partial charge in [0, 0.05) is 0 Å². The molecule has 4 nitrogen and oxygen atoms in total. The number of isocyanates is 2. The Morgan fingerprint density at radius 1 is 0.842 bits per heavy atom. The van der Waals surface area contributed by atoms with Crippen LogP contribution >= 0.6 is 0 Å². The molecule has 0 heterocycles. The van der Waals surface area contributed by atoms with Crippen LogP contribution in [0, 0.1) is 34.6 Å². The van der Waals surface area contributed by atoms with Gasteiger partial charge in [-0.3, -0.25) is 0 Å². The summed E-state index contributed by atoms with van der Waals surface area (Å²) >= 11 is 0. The SMILES string of the molecule is Cc1c(C)c(C)c(C(CN=C=O)N=C=O)c(C)c1C. The lowest BCUT2D eigenvalue weighted by Crippen LogP contribution is -2.09. The Kier molecular flexibility index (Phi) is 4.94. The van der Waals surface area contributed by atoms with Gasteiger partial charge in [0.15, 0.2) is 0 Å². The van der Waals surface area contributed by atoms with Gasteiger partial charge >= 0.3 is 0 Å². The number of hydrogen-bond acceptors (Lipinski definition) is 4. The first-order valence-corrected chi connectivity index (χ1v) is 6.13. The maximum Gasteiger partial charge on any atom is 0.235 e. The van der Waals surface area contributed by atoms with E-state index in [1.54, 1.807) is 6.08 Å². The lowest BCUT2D eigenvalue weighted by Gasteiger charge is -2.21. The Hall–Kier alpha value is -2.02. The molecule has 100 valence electrons. The van der Waals surface area contributed by atoms with Crippen molar-refractivity contribution < 1.29 is 9.59 Å². The van der Waals surface area contributed by atoms with Crippen molar-refractivity contribution in [3.63, 3.8) is 0 Å². The van der Waals surface area contributed by atoms with Gasteiger partial charge in [-0.25, -0.2) is 14.6 Å². The van der Waals surface area contributed by atoms with Gasteiger partial charge < -0.3 is 0 Å². The van der Waals surface area contributed by atoms with Crippen LogP contribution in [0.5, 0.6) is 0 Å². The van der Waals surface area contributed by atoms with E-state index in [2.05, 4.69) is 16.9 Å². The fourth-order valence-electron chi connectivity index (χ4n) is 2.41. The largest absolute Gasteiger partial charge is 0.235 e. The molecule has 0 amide bonds. The van der Waals surface area contributed by atoms with Crippen molar-refractivity contribution in [3.05, 3.63) is 33.4 Å². The third kappa shape index (κ3) is 2.87. The zero-order chi connectivity index (χ0) is 14.6. The molecule has 0 aromatic heterocycles. The molecule has 0 bridgehead atoms. The zero-order valence-corrected chi connectivity index (χ0v) is 12.0. The van der Waals surface area contributed by atoms with Crippen LogP contribution in [-0.2, 0) is 9.59 Å². The minimum absolute atomic E-state index is 0.127. The van der Waals surface area contributed by atoms with Gasteiger partial charge in [0.2, 0.25) is 12.2 Å². The second kappa shape index (κ2) is 6.24. The minimum Gasteiger partial charge on any atom is -0.211 e. The van der Waals surface area contributed by atoms with Crippen molar-refractivity contribution in [3.8, 4) is 0 Å². The number of nitrogens with zero attached hydrogens (tertiary/aromatic N) is 2. The summed E-state index contributed by atoms with van der Waals surface area (Å²) in [4.78, 5) is 28.2. The highest BCUT2D eigenvalue weighted by Crippen LogP contribution is 2.32. The monoisotopic (exact) mass is 258 g/mol. The standard InChI is InChI=1S/C15H18N2O2/c1-9-10(2)12(4)15(13(5)11(9)3)14(17-8-19)6-16-7-18/h14H,6H2,1-5H3. The first-order chi connectivity index (χ1) is 8.95. The van der Waals surface area contributed by atoms with Crippen molar-refractivity contribution in [1.29, 1.82) is 0 Å². The molecule has 0 saturated carbocycles. The van der Waals surface area contributed by atoms with E-state index in [1.807, 2.05) is 27.7 Å². The summed E-state index contributed by atoms with van der Waals surface area (Å²) in [6, 6.07) is -0.461. The first kappa shape index (κ1) is 15.0. The Labute approximate surface area is 113 Å². The molecule has 4 heteroatoms. The van der Waals surface area contributed by atoms with Crippen molar-refractivity contribution in [2.75, 3.05) is 6.54 Å². The number of rotatable bonds is 4. The van der Waals surface area contributed by atoms with Crippen LogP contribution in [0.3, 0.4) is 0 Å². The zero-order valence-electron chi connectivity index (χ0n) is 12.0. The van der Waals surface area contributed by atoms with E-state index >= 15 is 0 Å². The maximum absolute atomic E-state index is 10.6. The Morgan fingerprint density at radius 3 is 1.74 bits per heavy atom. The molecular weight excluding hydrogens is 240 g/mol. The summed E-state index contributed by atoms with van der Waals surface area (Å²) in [5.41, 5.74) is 6.74. The molecule has 0 fully saturated rings. The van der Waals surface area contributed by atoms with Crippen LogP contribution in [0.1, 0.15) is 39.4 Å². The molecule has 0 N–H and O–H groups in total. The van der Waals surface area contributed by atoms with Gasteiger partial charge in [0.05, 0.1) is 6.54 Å². The smallest absolute Gasteiger partial charge is 0.211 e. The molecule has 0 radical (unpaired) electrons. The molecule has 0 saturated heterocycles. The molecule has 19 heavy (non-hydrogen) atoms. The van der Waals surface area contributed by atoms with E-state index in [4.69, 9.17) is 0 Å². The molecule has 0 aliphatic carbocycles.